The summed E-state index contributed by atoms with van der Waals surface area (Å²) < 4.78 is 0.991. The van der Waals surface area contributed by atoms with Crippen molar-refractivity contribution in [3.8, 4) is 6.07 Å². The van der Waals surface area contributed by atoms with Gasteiger partial charge in [0.2, 0.25) is 0 Å². The Labute approximate surface area is 115 Å². The lowest BCUT2D eigenvalue weighted by molar-refractivity contribution is 1.11. The van der Waals surface area contributed by atoms with E-state index in [2.05, 4.69) is 27.0 Å². The van der Waals surface area contributed by atoms with E-state index in [1.807, 2.05) is 43.1 Å². The van der Waals surface area contributed by atoms with Crippen molar-refractivity contribution in [2.75, 3.05) is 11.9 Å². The van der Waals surface area contributed by atoms with Crippen LogP contribution in [0.1, 0.15) is 11.1 Å². The summed E-state index contributed by atoms with van der Waals surface area (Å²) in [4.78, 5) is 6.33. The Kier molecular flexibility index (Phi) is 3.63. The van der Waals surface area contributed by atoms with Gasteiger partial charge in [-0.25, -0.2) is 4.98 Å². The first-order valence-electron chi connectivity index (χ1n) is 5.48. The van der Waals surface area contributed by atoms with Gasteiger partial charge in [-0.05, 0) is 52.7 Å². The fraction of sp³-hybridized carbons (Fsp3) is 0.143. The number of hydrogen-bond acceptors (Lipinski definition) is 3. The highest BCUT2D eigenvalue weighted by Gasteiger charge is 2.07. The second-order valence-electron chi connectivity index (χ2n) is 4.01. The molecule has 0 unspecified atom stereocenters. The van der Waals surface area contributed by atoms with Crippen molar-refractivity contribution >= 4 is 27.4 Å². The molecule has 90 valence electrons. The molecule has 0 spiro atoms. The number of aryl methyl sites for hydroxylation is 1. The standard InChI is InChI=1S/C14H12BrN3/c1-10-6-14(17-9-13(10)15)18(2)12-5-3-4-11(7-12)8-16/h3-7,9H,1-2H3. The number of pyridine rings is 1. The van der Waals surface area contributed by atoms with Gasteiger partial charge in [-0.1, -0.05) is 6.07 Å². The molecule has 3 nitrogen and oxygen atoms in total. The van der Waals surface area contributed by atoms with Gasteiger partial charge in [-0.3, -0.25) is 0 Å². The smallest absolute Gasteiger partial charge is 0.132 e. The number of aromatic nitrogens is 1. The molecule has 1 aromatic carbocycles. The number of halogens is 1. The normalized spacial score (nSPS) is 9.89. The maximum absolute atomic E-state index is 8.90. The molecule has 0 atom stereocenters. The molecule has 2 rings (SSSR count). The molecule has 0 saturated carbocycles. The maximum atomic E-state index is 8.90. The molecule has 18 heavy (non-hydrogen) atoms. The van der Waals surface area contributed by atoms with Crippen LogP contribution in [0.3, 0.4) is 0 Å². The molecule has 0 bridgehead atoms. The van der Waals surface area contributed by atoms with Crippen LogP contribution in [0.25, 0.3) is 0 Å². The lowest BCUT2D eigenvalue weighted by Crippen LogP contribution is -2.11. The predicted octanol–water partition coefficient (Wildman–Crippen LogP) is 3.79. The first-order chi connectivity index (χ1) is 8.61. The molecule has 0 saturated heterocycles. The Balaban J connectivity index is 2.38. The van der Waals surface area contributed by atoms with Crippen molar-refractivity contribution in [1.82, 2.24) is 4.98 Å². The highest BCUT2D eigenvalue weighted by atomic mass is 79.9. The lowest BCUT2D eigenvalue weighted by atomic mass is 10.2. The fourth-order valence-electron chi connectivity index (χ4n) is 1.62. The summed E-state index contributed by atoms with van der Waals surface area (Å²) in [7, 11) is 1.94. The van der Waals surface area contributed by atoms with E-state index < -0.39 is 0 Å². The SMILES string of the molecule is Cc1cc(N(C)c2cccc(C#N)c2)ncc1Br. The summed E-state index contributed by atoms with van der Waals surface area (Å²) in [6.07, 6.45) is 1.79. The van der Waals surface area contributed by atoms with Gasteiger partial charge in [-0.15, -0.1) is 0 Å². The van der Waals surface area contributed by atoms with Crippen molar-refractivity contribution in [2.45, 2.75) is 6.92 Å². The summed E-state index contributed by atoms with van der Waals surface area (Å²) in [5, 5.41) is 8.90. The van der Waals surface area contributed by atoms with Gasteiger partial charge in [0.15, 0.2) is 0 Å². The largest absolute Gasteiger partial charge is 0.329 e. The highest BCUT2D eigenvalue weighted by Crippen LogP contribution is 2.25. The van der Waals surface area contributed by atoms with Crippen LogP contribution in [0, 0.1) is 18.3 Å². The molecule has 0 fully saturated rings. The lowest BCUT2D eigenvalue weighted by Gasteiger charge is -2.19. The molecule has 0 aliphatic rings. The number of anilines is 2. The van der Waals surface area contributed by atoms with Crippen molar-refractivity contribution in [1.29, 1.82) is 5.26 Å². The summed E-state index contributed by atoms with van der Waals surface area (Å²) in [5.41, 5.74) is 2.72. The number of nitrogens with zero attached hydrogens (tertiary/aromatic N) is 3. The molecule has 0 amide bonds. The zero-order chi connectivity index (χ0) is 13.1. The van der Waals surface area contributed by atoms with E-state index in [9.17, 15) is 0 Å². The summed E-state index contributed by atoms with van der Waals surface area (Å²) in [6, 6.07) is 11.6. The average molecular weight is 302 g/mol. The molecule has 4 heteroatoms. The van der Waals surface area contributed by atoms with Gasteiger partial charge in [0.1, 0.15) is 5.82 Å². The first kappa shape index (κ1) is 12.6. The monoisotopic (exact) mass is 301 g/mol. The Bertz CT molecular complexity index is 617. The van der Waals surface area contributed by atoms with E-state index in [1.165, 1.54) is 0 Å². The molecule has 0 N–H and O–H groups in total. The summed E-state index contributed by atoms with van der Waals surface area (Å²) in [5.74, 6) is 0.853. The van der Waals surface area contributed by atoms with E-state index >= 15 is 0 Å². The molecule has 2 aromatic rings. The van der Waals surface area contributed by atoms with Crippen LogP contribution in [0.2, 0.25) is 0 Å². The topological polar surface area (TPSA) is 39.9 Å². The van der Waals surface area contributed by atoms with Crippen molar-refractivity contribution in [3.63, 3.8) is 0 Å². The molecule has 1 heterocycles. The van der Waals surface area contributed by atoms with Crippen LogP contribution < -0.4 is 4.90 Å². The second-order valence-corrected chi connectivity index (χ2v) is 4.87. The minimum atomic E-state index is 0.646. The zero-order valence-corrected chi connectivity index (χ0v) is 11.8. The quantitative estimate of drug-likeness (QED) is 0.847. The van der Waals surface area contributed by atoms with Gasteiger partial charge < -0.3 is 4.90 Å². The van der Waals surface area contributed by atoms with Crippen LogP contribution in [-0.4, -0.2) is 12.0 Å². The van der Waals surface area contributed by atoms with E-state index in [4.69, 9.17) is 5.26 Å². The molecular weight excluding hydrogens is 290 g/mol. The second kappa shape index (κ2) is 5.19. The van der Waals surface area contributed by atoms with E-state index in [0.29, 0.717) is 5.56 Å². The van der Waals surface area contributed by atoms with Crippen LogP contribution in [0.5, 0.6) is 0 Å². The fourth-order valence-corrected chi connectivity index (χ4v) is 1.84. The van der Waals surface area contributed by atoms with Crippen LogP contribution in [0.15, 0.2) is 41.0 Å². The number of hydrogen-bond donors (Lipinski definition) is 0. The summed E-state index contributed by atoms with van der Waals surface area (Å²) in [6.45, 7) is 2.02. The number of benzene rings is 1. The third kappa shape index (κ3) is 2.52. The van der Waals surface area contributed by atoms with Gasteiger partial charge in [0.05, 0.1) is 11.6 Å². The third-order valence-electron chi connectivity index (χ3n) is 2.74. The highest BCUT2D eigenvalue weighted by molar-refractivity contribution is 9.10. The molecule has 1 aromatic heterocycles. The Morgan fingerprint density at radius 3 is 2.78 bits per heavy atom. The van der Waals surface area contributed by atoms with Crippen LogP contribution >= 0.6 is 15.9 Å². The molecule has 0 aliphatic heterocycles. The van der Waals surface area contributed by atoms with Crippen LogP contribution in [-0.2, 0) is 0 Å². The van der Waals surface area contributed by atoms with Gasteiger partial charge in [0.25, 0.3) is 0 Å². The Morgan fingerprint density at radius 1 is 1.33 bits per heavy atom. The molecule has 0 radical (unpaired) electrons. The van der Waals surface area contributed by atoms with Crippen molar-refractivity contribution in [3.05, 3.63) is 52.1 Å². The number of nitriles is 1. The van der Waals surface area contributed by atoms with Gasteiger partial charge >= 0.3 is 0 Å². The predicted molar refractivity (Wildman–Crippen MR) is 75.9 cm³/mol. The Morgan fingerprint density at radius 2 is 2.11 bits per heavy atom. The Hall–Kier alpha value is -1.86. The number of rotatable bonds is 2. The van der Waals surface area contributed by atoms with Crippen molar-refractivity contribution in [2.24, 2.45) is 0 Å². The van der Waals surface area contributed by atoms with Gasteiger partial charge in [-0.2, -0.15) is 5.26 Å². The maximum Gasteiger partial charge on any atom is 0.132 e. The average Bonchev–Trinajstić information content (AvgIpc) is 2.41. The first-order valence-corrected chi connectivity index (χ1v) is 6.27. The molecular formula is C14H12BrN3. The van der Waals surface area contributed by atoms with Crippen LogP contribution in [0.4, 0.5) is 11.5 Å². The van der Waals surface area contributed by atoms with Crippen molar-refractivity contribution < 1.29 is 0 Å². The minimum absolute atomic E-state index is 0.646. The third-order valence-corrected chi connectivity index (χ3v) is 3.57. The van der Waals surface area contributed by atoms with Gasteiger partial charge in [0, 0.05) is 23.4 Å². The van der Waals surface area contributed by atoms with E-state index in [1.54, 1.807) is 12.3 Å². The zero-order valence-electron chi connectivity index (χ0n) is 10.2. The van der Waals surface area contributed by atoms with E-state index in [0.717, 1.165) is 21.5 Å². The summed E-state index contributed by atoms with van der Waals surface area (Å²) >= 11 is 3.43. The minimum Gasteiger partial charge on any atom is -0.329 e. The molecule has 0 aliphatic carbocycles. The van der Waals surface area contributed by atoms with E-state index in [-0.39, 0.29) is 0 Å².